The van der Waals surface area contributed by atoms with Crippen LogP contribution < -0.4 is 0 Å². The minimum atomic E-state index is -0.185. The minimum absolute atomic E-state index is 0.185. The number of hydrogen-bond acceptors (Lipinski definition) is 1. The molecule has 1 aliphatic carbocycles. The summed E-state index contributed by atoms with van der Waals surface area (Å²) in [5.41, 5.74) is 4.34. The van der Waals surface area contributed by atoms with Gasteiger partial charge in [0, 0.05) is 15.6 Å². The lowest BCUT2D eigenvalue weighted by Gasteiger charge is -2.07. The van der Waals surface area contributed by atoms with Crippen LogP contribution in [0.4, 0.5) is 4.39 Å². The molecular formula is C18H14BrFN2. The molecule has 1 saturated carbocycles. The molecule has 0 spiro atoms. The van der Waals surface area contributed by atoms with Crippen LogP contribution in [0.15, 0.2) is 53.0 Å². The van der Waals surface area contributed by atoms with E-state index in [2.05, 4.69) is 26.1 Å². The number of halogens is 2. The number of hydrogen-bond donors (Lipinski definition) is 1. The zero-order chi connectivity index (χ0) is 15.1. The molecule has 2 aromatic carbocycles. The van der Waals surface area contributed by atoms with Crippen molar-refractivity contribution in [2.24, 2.45) is 0 Å². The summed E-state index contributed by atoms with van der Waals surface area (Å²) in [5, 5.41) is 7.34. The highest BCUT2D eigenvalue weighted by Crippen LogP contribution is 2.45. The van der Waals surface area contributed by atoms with Crippen molar-refractivity contribution in [1.29, 1.82) is 0 Å². The molecule has 4 heteroatoms. The third-order valence-corrected chi connectivity index (χ3v) is 4.58. The third-order valence-electron chi connectivity index (χ3n) is 4.05. The van der Waals surface area contributed by atoms with Crippen molar-refractivity contribution in [3.8, 4) is 22.5 Å². The zero-order valence-electron chi connectivity index (χ0n) is 11.8. The Bertz CT molecular complexity index is 819. The second kappa shape index (κ2) is 5.36. The Morgan fingerprint density at radius 1 is 1.09 bits per heavy atom. The van der Waals surface area contributed by atoms with Crippen molar-refractivity contribution in [3.05, 3.63) is 64.4 Å². The van der Waals surface area contributed by atoms with Gasteiger partial charge in [-0.1, -0.05) is 40.2 Å². The summed E-state index contributed by atoms with van der Waals surface area (Å²) in [6, 6.07) is 15.2. The molecule has 4 rings (SSSR count). The van der Waals surface area contributed by atoms with Crippen LogP contribution in [0.2, 0.25) is 0 Å². The maximum atomic E-state index is 14.3. The number of nitrogens with one attached hydrogen (secondary N) is 1. The highest BCUT2D eigenvalue weighted by molar-refractivity contribution is 9.10. The lowest BCUT2D eigenvalue weighted by atomic mass is 9.99. The van der Waals surface area contributed by atoms with Crippen molar-refractivity contribution >= 4 is 15.9 Å². The van der Waals surface area contributed by atoms with Crippen molar-refractivity contribution in [2.45, 2.75) is 18.8 Å². The van der Waals surface area contributed by atoms with E-state index in [1.807, 2.05) is 36.4 Å². The molecule has 22 heavy (non-hydrogen) atoms. The molecule has 1 N–H and O–H groups in total. The first-order valence-electron chi connectivity index (χ1n) is 7.32. The van der Waals surface area contributed by atoms with E-state index >= 15 is 0 Å². The predicted molar refractivity (Wildman–Crippen MR) is 89.1 cm³/mol. The van der Waals surface area contributed by atoms with Crippen LogP contribution in [-0.2, 0) is 0 Å². The van der Waals surface area contributed by atoms with Gasteiger partial charge in [-0.05, 0) is 48.6 Å². The van der Waals surface area contributed by atoms with Gasteiger partial charge in [0.05, 0.1) is 11.4 Å². The van der Waals surface area contributed by atoms with Crippen LogP contribution in [0, 0.1) is 5.82 Å². The van der Waals surface area contributed by atoms with Gasteiger partial charge < -0.3 is 0 Å². The van der Waals surface area contributed by atoms with E-state index in [4.69, 9.17) is 0 Å². The Kier molecular flexibility index (Phi) is 3.34. The maximum Gasteiger partial charge on any atom is 0.132 e. The highest BCUT2D eigenvalue weighted by Gasteiger charge is 2.28. The van der Waals surface area contributed by atoms with E-state index in [0.29, 0.717) is 11.5 Å². The quantitative estimate of drug-likeness (QED) is 0.657. The second-order valence-electron chi connectivity index (χ2n) is 5.65. The van der Waals surface area contributed by atoms with E-state index in [9.17, 15) is 4.39 Å². The minimum Gasteiger partial charge on any atom is -0.277 e. The molecule has 3 aromatic rings. The van der Waals surface area contributed by atoms with Crippen molar-refractivity contribution in [2.75, 3.05) is 0 Å². The average Bonchev–Trinajstić information content (AvgIpc) is 3.26. The van der Waals surface area contributed by atoms with E-state index < -0.39 is 0 Å². The first-order valence-corrected chi connectivity index (χ1v) is 8.12. The van der Waals surface area contributed by atoms with Crippen molar-refractivity contribution < 1.29 is 4.39 Å². The van der Waals surface area contributed by atoms with Gasteiger partial charge in [0.15, 0.2) is 0 Å². The average molecular weight is 357 g/mol. The molecule has 110 valence electrons. The number of benzene rings is 2. The number of H-pyrrole nitrogens is 1. The summed E-state index contributed by atoms with van der Waals surface area (Å²) in [6.07, 6.45) is 2.29. The second-order valence-corrected chi connectivity index (χ2v) is 6.57. The normalized spacial score (nSPS) is 14.3. The molecule has 0 saturated heterocycles. The molecule has 2 nitrogen and oxygen atoms in total. The molecule has 0 aliphatic heterocycles. The Labute approximate surface area is 136 Å². The SMILES string of the molecule is Fc1cccc(C2CC2)c1-c1cc(-c2ccc(Br)cc2)n[nH]1. The van der Waals surface area contributed by atoms with Gasteiger partial charge in [-0.15, -0.1) is 0 Å². The van der Waals surface area contributed by atoms with Gasteiger partial charge in [0.1, 0.15) is 5.82 Å². The molecule has 0 unspecified atom stereocenters. The maximum absolute atomic E-state index is 14.3. The topological polar surface area (TPSA) is 28.7 Å². The molecule has 0 bridgehead atoms. The standard InChI is InChI=1S/C18H14BrFN2/c19-13-8-6-12(7-9-13)16-10-17(22-21-16)18-14(11-4-5-11)2-1-3-15(18)20/h1-3,6-11H,4-5H2,(H,21,22). The Morgan fingerprint density at radius 3 is 2.59 bits per heavy atom. The lowest BCUT2D eigenvalue weighted by molar-refractivity contribution is 0.628. The van der Waals surface area contributed by atoms with E-state index in [0.717, 1.165) is 39.8 Å². The molecule has 1 heterocycles. The monoisotopic (exact) mass is 356 g/mol. The molecular weight excluding hydrogens is 343 g/mol. The molecule has 0 radical (unpaired) electrons. The number of aromatic nitrogens is 2. The van der Waals surface area contributed by atoms with Gasteiger partial charge in [0.25, 0.3) is 0 Å². The number of aromatic amines is 1. The summed E-state index contributed by atoms with van der Waals surface area (Å²) in [7, 11) is 0. The summed E-state index contributed by atoms with van der Waals surface area (Å²) in [5.74, 6) is 0.306. The fraction of sp³-hybridized carbons (Fsp3) is 0.167. The highest BCUT2D eigenvalue weighted by atomic mass is 79.9. The summed E-state index contributed by atoms with van der Waals surface area (Å²) >= 11 is 3.42. The summed E-state index contributed by atoms with van der Waals surface area (Å²) in [4.78, 5) is 0. The van der Waals surface area contributed by atoms with Crippen LogP contribution >= 0.6 is 15.9 Å². The third kappa shape index (κ3) is 2.48. The fourth-order valence-corrected chi connectivity index (χ4v) is 3.04. The number of nitrogens with zero attached hydrogens (tertiary/aromatic N) is 1. The summed E-state index contributed by atoms with van der Waals surface area (Å²) in [6.45, 7) is 0. The molecule has 1 fully saturated rings. The lowest BCUT2D eigenvalue weighted by Crippen LogP contribution is -1.92. The smallest absolute Gasteiger partial charge is 0.132 e. The van der Waals surface area contributed by atoms with E-state index in [-0.39, 0.29) is 5.82 Å². The van der Waals surface area contributed by atoms with Gasteiger partial charge in [-0.3, -0.25) is 5.10 Å². The zero-order valence-corrected chi connectivity index (χ0v) is 13.4. The van der Waals surface area contributed by atoms with Crippen LogP contribution in [0.3, 0.4) is 0 Å². The van der Waals surface area contributed by atoms with Gasteiger partial charge in [-0.2, -0.15) is 5.10 Å². The van der Waals surface area contributed by atoms with Crippen LogP contribution in [-0.4, -0.2) is 10.2 Å². The molecule has 0 atom stereocenters. The van der Waals surface area contributed by atoms with Gasteiger partial charge in [-0.25, -0.2) is 4.39 Å². The van der Waals surface area contributed by atoms with Crippen molar-refractivity contribution in [1.82, 2.24) is 10.2 Å². The molecule has 0 amide bonds. The van der Waals surface area contributed by atoms with E-state index in [1.165, 1.54) is 6.07 Å². The fourth-order valence-electron chi connectivity index (χ4n) is 2.78. The first kappa shape index (κ1) is 13.7. The van der Waals surface area contributed by atoms with Crippen LogP contribution in [0.25, 0.3) is 22.5 Å². The number of rotatable bonds is 3. The Balaban J connectivity index is 1.77. The first-order chi connectivity index (χ1) is 10.7. The van der Waals surface area contributed by atoms with Crippen LogP contribution in [0.5, 0.6) is 0 Å². The Morgan fingerprint density at radius 2 is 1.86 bits per heavy atom. The molecule has 1 aliphatic rings. The van der Waals surface area contributed by atoms with Crippen LogP contribution in [0.1, 0.15) is 24.3 Å². The Hall–Kier alpha value is -1.94. The molecule has 1 aromatic heterocycles. The van der Waals surface area contributed by atoms with E-state index in [1.54, 1.807) is 6.07 Å². The van der Waals surface area contributed by atoms with Gasteiger partial charge in [0.2, 0.25) is 0 Å². The largest absolute Gasteiger partial charge is 0.277 e. The summed E-state index contributed by atoms with van der Waals surface area (Å²) < 4.78 is 15.4. The predicted octanol–water partition coefficient (Wildman–Crippen LogP) is 5.52. The van der Waals surface area contributed by atoms with Gasteiger partial charge >= 0.3 is 0 Å². The van der Waals surface area contributed by atoms with Crippen molar-refractivity contribution in [3.63, 3.8) is 0 Å².